The normalized spacial score (nSPS) is 20.7. The average Bonchev–Trinajstić information content (AvgIpc) is 2.95. The van der Waals surface area contributed by atoms with Crippen LogP contribution in [-0.4, -0.2) is 14.9 Å². The van der Waals surface area contributed by atoms with Gasteiger partial charge in [0.25, 0.3) is 0 Å². The number of Topliss-reactive ketones (excluding diaryl/α,β-unsaturated/α-hetero) is 1. The van der Waals surface area contributed by atoms with Crippen molar-refractivity contribution in [2.75, 3.05) is 0 Å². The third-order valence-corrected chi connectivity index (χ3v) is 8.94. The fourth-order valence-corrected chi connectivity index (χ4v) is 9.01. The molecule has 0 aromatic carbocycles. The Labute approximate surface area is 153 Å². The fraction of sp³-hybridized carbons (Fsp3) is 0.722. The molecule has 5 heteroatoms. The highest BCUT2D eigenvalue weighted by atomic mass is 33.1. The maximum Gasteiger partial charge on any atom is 0.163 e. The van der Waals surface area contributed by atoms with Crippen LogP contribution in [0.25, 0.3) is 0 Å². The summed E-state index contributed by atoms with van der Waals surface area (Å²) < 4.78 is 6.87. The van der Waals surface area contributed by atoms with E-state index in [2.05, 4.69) is 61.0 Å². The third-order valence-electron chi connectivity index (χ3n) is 3.32. The number of aryl methyl sites for hydroxylation is 2. The second-order valence-electron chi connectivity index (χ2n) is 6.83. The quantitative estimate of drug-likeness (QED) is 0.410. The SMILES string of the molecule is CC(=O)c1cc(C)oc1C.CC(C)CC1SSC(CC(C)C)S1. The molecule has 23 heavy (non-hydrogen) atoms. The zero-order valence-corrected chi connectivity index (χ0v) is 17.8. The number of furan rings is 1. The van der Waals surface area contributed by atoms with Crippen molar-refractivity contribution in [1.82, 2.24) is 0 Å². The van der Waals surface area contributed by atoms with Crippen LogP contribution < -0.4 is 0 Å². The first-order valence-electron chi connectivity index (χ1n) is 8.24. The molecule has 1 aromatic rings. The lowest BCUT2D eigenvalue weighted by Crippen LogP contribution is -2.02. The van der Waals surface area contributed by atoms with Gasteiger partial charge in [0.2, 0.25) is 0 Å². The van der Waals surface area contributed by atoms with Gasteiger partial charge in [-0.3, -0.25) is 4.79 Å². The molecule has 0 amide bonds. The summed E-state index contributed by atoms with van der Waals surface area (Å²) >= 11 is 2.19. The van der Waals surface area contributed by atoms with Crippen LogP contribution in [-0.2, 0) is 0 Å². The molecule has 1 aliphatic rings. The molecule has 0 aliphatic carbocycles. The molecule has 0 radical (unpaired) electrons. The number of thioether (sulfide) groups is 1. The number of carbonyl (C=O) groups is 1. The van der Waals surface area contributed by atoms with Crippen LogP contribution in [0.15, 0.2) is 10.5 Å². The lowest BCUT2D eigenvalue weighted by Gasteiger charge is -2.12. The number of carbonyl (C=O) groups excluding carboxylic acids is 1. The summed E-state index contributed by atoms with van der Waals surface area (Å²) in [7, 11) is 4.20. The second-order valence-corrected chi connectivity index (χ2v) is 11.5. The van der Waals surface area contributed by atoms with Crippen molar-refractivity contribution in [3.8, 4) is 0 Å². The summed E-state index contributed by atoms with van der Waals surface area (Å²) in [6.07, 6.45) is 2.74. The Bertz CT molecular complexity index is 478. The molecule has 2 rings (SSSR count). The molecule has 2 heterocycles. The van der Waals surface area contributed by atoms with Gasteiger partial charge >= 0.3 is 0 Å². The zero-order chi connectivity index (χ0) is 17.6. The summed E-state index contributed by atoms with van der Waals surface area (Å²) in [6, 6.07) is 1.76. The molecule has 0 spiro atoms. The molecule has 0 bridgehead atoms. The first-order chi connectivity index (χ1) is 10.7. The molecule has 1 fully saturated rings. The van der Waals surface area contributed by atoms with E-state index in [1.54, 1.807) is 13.0 Å². The van der Waals surface area contributed by atoms with E-state index in [4.69, 9.17) is 4.42 Å². The van der Waals surface area contributed by atoms with Crippen LogP contribution in [0.4, 0.5) is 0 Å². The van der Waals surface area contributed by atoms with E-state index in [9.17, 15) is 4.79 Å². The molecule has 1 saturated heterocycles. The Balaban J connectivity index is 0.000000238. The van der Waals surface area contributed by atoms with E-state index in [0.717, 1.165) is 26.8 Å². The van der Waals surface area contributed by atoms with Crippen molar-refractivity contribution in [1.29, 1.82) is 0 Å². The molecule has 2 nitrogen and oxygen atoms in total. The minimum atomic E-state index is 0.0642. The maximum absolute atomic E-state index is 10.8. The molecule has 0 N–H and O–H groups in total. The number of hydrogen-bond donors (Lipinski definition) is 0. The first-order valence-corrected chi connectivity index (χ1v) is 11.5. The lowest BCUT2D eigenvalue weighted by atomic mass is 10.2. The van der Waals surface area contributed by atoms with Crippen LogP contribution in [0.3, 0.4) is 0 Å². The van der Waals surface area contributed by atoms with Gasteiger partial charge in [0.15, 0.2) is 5.78 Å². The summed E-state index contributed by atoms with van der Waals surface area (Å²) in [5, 5.41) is 0. The van der Waals surface area contributed by atoms with Crippen LogP contribution in [0.2, 0.25) is 0 Å². The number of rotatable bonds is 5. The van der Waals surface area contributed by atoms with Crippen LogP contribution in [0.5, 0.6) is 0 Å². The van der Waals surface area contributed by atoms with Gasteiger partial charge in [-0.15, -0.1) is 11.8 Å². The molecule has 1 aliphatic heterocycles. The minimum Gasteiger partial charge on any atom is -0.466 e. The van der Waals surface area contributed by atoms with E-state index in [1.807, 2.05) is 6.92 Å². The smallest absolute Gasteiger partial charge is 0.163 e. The molecule has 2 atom stereocenters. The van der Waals surface area contributed by atoms with Gasteiger partial charge in [-0.25, -0.2) is 0 Å². The molecular formula is C18H30O2S3. The standard InChI is InChI=1S/C10H20S3.C8H10O2/c1-7(2)5-9-11-10(13-12-9)6-8(3)4;1-5-4-8(6(2)9)7(3)10-5/h7-10H,5-6H2,1-4H3;4H,1-3H3. The summed E-state index contributed by atoms with van der Waals surface area (Å²) in [5.41, 5.74) is 0.692. The van der Waals surface area contributed by atoms with E-state index in [0.29, 0.717) is 11.3 Å². The topological polar surface area (TPSA) is 30.2 Å². The van der Waals surface area contributed by atoms with Crippen LogP contribution >= 0.6 is 33.3 Å². The number of hydrogen-bond acceptors (Lipinski definition) is 5. The third kappa shape index (κ3) is 8.08. The van der Waals surface area contributed by atoms with Gasteiger partial charge in [-0.1, -0.05) is 49.3 Å². The predicted molar refractivity (Wildman–Crippen MR) is 107 cm³/mol. The maximum atomic E-state index is 10.8. The van der Waals surface area contributed by atoms with Crippen LogP contribution in [0, 0.1) is 25.7 Å². The Morgan fingerprint density at radius 1 is 1.09 bits per heavy atom. The largest absolute Gasteiger partial charge is 0.466 e. The monoisotopic (exact) mass is 374 g/mol. The Morgan fingerprint density at radius 2 is 1.57 bits per heavy atom. The Kier molecular flexibility index (Phi) is 9.24. The minimum absolute atomic E-state index is 0.0642. The number of ketones is 1. The Hall–Kier alpha value is -0.000000000000000333. The van der Waals surface area contributed by atoms with Crippen molar-refractivity contribution in [2.45, 2.75) is 70.5 Å². The van der Waals surface area contributed by atoms with Gasteiger partial charge in [-0.2, -0.15) is 0 Å². The molecule has 1 aromatic heterocycles. The van der Waals surface area contributed by atoms with E-state index < -0.39 is 0 Å². The highest BCUT2D eigenvalue weighted by molar-refractivity contribution is 8.82. The van der Waals surface area contributed by atoms with Gasteiger partial charge in [0, 0.05) is 0 Å². The van der Waals surface area contributed by atoms with Crippen molar-refractivity contribution in [3.63, 3.8) is 0 Å². The van der Waals surface area contributed by atoms with Gasteiger partial charge in [-0.05, 0) is 51.5 Å². The van der Waals surface area contributed by atoms with Gasteiger partial charge in [0.1, 0.15) is 11.5 Å². The highest BCUT2D eigenvalue weighted by Crippen LogP contribution is 2.54. The predicted octanol–water partition coefficient (Wildman–Crippen LogP) is 6.96. The fourth-order valence-electron chi connectivity index (χ4n) is 2.28. The van der Waals surface area contributed by atoms with Gasteiger partial charge in [0.05, 0.1) is 14.7 Å². The molecule has 132 valence electrons. The molecule has 2 unspecified atom stereocenters. The summed E-state index contributed by atoms with van der Waals surface area (Å²) in [6.45, 7) is 14.5. The zero-order valence-electron chi connectivity index (χ0n) is 15.3. The van der Waals surface area contributed by atoms with Crippen molar-refractivity contribution in [3.05, 3.63) is 23.2 Å². The average molecular weight is 375 g/mol. The Morgan fingerprint density at radius 3 is 1.83 bits per heavy atom. The van der Waals surface area contributed by atoms with Crippen LogP contribution in [0.1, 0.15) is 69.3 Å². The molecule has 0 saturated carbocycles. The van der Waals surface area contributed by atoms with Crippen molar-refractivity contribution >= 4 is 39.1 Å². The second kappa shape index (κ2) is 10.1. The van der Waals surface area contributed by atoms with Crippen molar-refractivity contribution < 1.29 is 9.21 Å². The lowest BCUT2D eigenvalue weighted by molar-refractivity contribution is 0.101. The van der Waals surface area contributed by atoms with Crippen molar-refractivity contribution in [2.24, 2.45) is 11.8 Å². The van der Waals surface area contributed by atoms with E-state index >= 15 is 0 Å². The summed E-state index contributed by atoms with van der Waals surface area (Å²) in [4.78, 5) is 10.8. The van der Waals surface area contributed by atoms with E-state index in [1.165, 1.54) is 19.8 Å². The van der Waals surface area contributed by atoms with Gasteiger partial charge < -0.3 is 4.42 Å². The first kappa shape index (κ1) is 21.0. The highest BCUT2D eigenvalue weighted by Gasteiger charge is 2.27. The summed E-state index contributed by atoms with van der Waals surface area (Å²) in [5.74, 6) is 3.27. The van der Waals surface area contributed by atoms with E-state index in [-0.39, 0.29) is 5.78 Å². The molecular weight excluding hydrogens is 344 g/mol.